The van der Waals surface area contributed by atoms with Gasteiger partial charge in [-0.2, -0.15) is 17.0 Å². The molecule has 1 amide bonds. The highest BCUT2D eigenvalue weighted by molar-refractivity contribution is 7.98. The Labute approximate surface area is 151 Å². The van der Waals surface area contributed by atoms with Gasteiger partial charge in [0, 0.05) is 18.3 Å². The second-order valence-corrected chi connectivity index (χ2v) is 5.99. The van der Waals surface area contributed by atoms with Crippen molar-refractivity contribution < 1.29 is 19.4 Å². The van der Waals surface area contributed by atoms with Gasteiger partial charge in [0.1, 0.15) is 23.4 Å². The highest BCUT2D eigenvalue weighted by Crippen LogP contribution is 2.16. The number of carbonyl (C=O) groups is 2. The summed E-state index contributed by atoms with van der Waals surface area (Å²) in [5.74, 6) is -0.561. The number of aliphatic carboxylic acids is 1. The third kappa shape index (κ3) is 6.77. The Morgan fingerprint density at radius 3 is 2.76 bits per heavy atom. The van der Waals surface area contributed by atoms with E-state index in [1.807, 2.05) is 30.5 Å². The van der Waals surface area contributed by atoms with E-state index in [4.69, 9.17) is 15.1 Å². The minimum Gasteiger partial charge on any atom is -0.496 e. The molecule has 1 atom stereocenters. The largest absolute Gasteiger partial charge is 0.496 e. The SMILES string of the molecule is COc1ccccc1CN/C=C(/C#N)C(=O)NC(CCSC)C(=O)O. The van der Waals surface area contributed by atoms with Gasteiger partial charge in [-0.05, 0) is 24.5 Å². The zero-order valence-corrected chi connectivity index (χ0v) is 14.9. The van der Waals surface area contributed by atoms with Crippen molar-refractivity contribution in [3.05, 3.63) is 41.6 Å². The topological polar surface area (TPSA) is 111 Å². The van der Waals surface area contributed by atoms with Gasteiger partial charge in [0.05, 0.1) is 7.11 Å². The van der Waals surface area contributed by atoms with Gasteiger partial charge >= 0.3 is 5.97 Å². The molecule has 0 fully saturated rings. The van der Waals surface area contributed by atoms with E-state index >= 15 is 0 Å². The van der Waals surface area contributed by atoms with Crippen molar-refractivity contribution in [3.8, 4) is 11.8 Å². The van der Waals surface area contributed by atoms with Crippen molar-refractivity contribution in [1.29, 1.82) is 5.26 Å². The van der Waals surface area contributed by atoms with Crippen LogP contribution in [0.3, 0.4) is 0 Å². The number of para-hydroxylation sites is 1. The Kier molecular flexibility index (Phi) is 8.96. The number of benzene rings is 1. The average molecular weight is 363 g/mol. The standard InChI is InChI=1S/C17H21N3O4S/c1-24-15-6-4-3-5-12(15)10-19-11-13(9-18)16(21)20-14(17(22)23)7-8-25-2/h3-6,11,14,19H,7-8,10H2,1-2H3,(H,20,21)(H,22,23)/b13-11-. The summed E-state index contributed by atoms with van der Waals surface area (Å²) in [4.78, 5) is 23.2. The van der Waals surface area contributed by atoms with Crippen LogP contribution in [-0.2, 0) is 16.1 Å². The van der Waals surface area contributed by atoms with Crippen LogP contribution in [0.5, 0.6) is 5.75 Å². The highest BCUT2D eigenvalue weighted by atomic mass is 32.2. The zero-order chi connectivity index (χ0) is 18.7. The Hall–Kier alpha value is -2.66. The van der Waals surface area contributed by atoms with Crippen LogP contribution in [-0.4, -0.2) is 42.1 Å². The number of carboxylic acids is 1. The van der Waals surface area contributed by atoms with Gasteiger partial charge in [-0.15, -0.1) is 0 Å². The molecule has 0 aliphatic rings. The van der Waals surface area contributed by atoms with E-state index in [9.17, 15) is 9.59 Å². The molecule has 1 aromatic carbocycles. The maximum absolute atomic E-state index is 12.1. The first-order valence-corrected chi connectivity index (χ1v) is 8.91. The van der Waals surface area contributed by atoms with E-state index in [0.29, 0.717) is 18.0 Å². The number of nitrogens with zero attached hydrogens (tertiary/aromatic N) is 1. The molecule has 1 unspecified atom stereocenters. The van der Waals surface area contributed by atoms with Gasteiger partial charge in [0.2, 0.25) is 0 Å². The van der Waals surface area contributed by atoms with Gasteiger partial charge in [0.15, 0.2) is 0 Å². The lowest BCUT2D eigenvalue weighted by atomic mass is 10.2. The summed E-state index contributed by atoms with van der Waals surface area (Å²) >= 11 is 1.49. The summed E-state index contributed by atoms with van der Waals surface area (Å²) in [5.41, 5.74) is 0.674. The number of nitriles is 1. The van der Waals surface area contributed by atoms with Crippen molar-refractivity contribution in [2.24, 2.45) is 0 Å². The van der Waals surface area contributed by atoms with Gasteiger partial charge in [-0.1, -0.05) is 18.2 Å². The maximum Gasteiger partial charge on any atom is 0.326 e. The molecule has 1 aromatic rings. The number of carboxylic acid groups (broad SMARTS) is 1. The fourth-order valence-corrected chi connectivity index (χ4v) is 2.46. The normalized spacial score (nSPS) is 12.0. The number of nitrogens with one attached hydrogen (secondary N) is 2. The van der Waals surface area contributed by atoms with Crippen LogP contribution in [0.25, 0.3) is 0 Å². The monoisotopic (exact) mass is 363 g/mol. The second-order valence-electron chi connectivity index (χ2n) is 5.01. The molecule has 3 N–H and O–H groups in total. The molecule has 0 aromatic heterocycles. The fraction of sp³-hybridized carbons (Fsp3) is 0.353. The molecule has 8 heteroatoms. The van der Waals surface area contributed by atoms with Crippen molar-refractivity contribution in [1.82, 2.24) is 10.6 Å². The summed E-state index contributed by atoms with van der Waals surface area (Å²) in [7, 11) is 1.56. The van der Waals surface area contributed by atoms with Crippen molar-refractivity contribution in [2.45, 2.75) is 19.0 Å². The van der Waals surface area contributed by atoms with Crippen LogP contribution in [0.2, 0.25) is 0 Å². The number of thioether (sulfide) groups is 1. The van der Waals surface area contributed by atoms with Crippen LogP contribution in [0, 0.1) is 11.3 Å². The first-order chi connectivity index (χ1) is 12.0. The van der Waals surface area contributed by atoms with Crippen LogP contribution in [0.4, 0.5) is 0 Å². The molecule has 25 heavy (non-hydrogen) atoms. The van der Waals surface area contributed by atoms with Gasteiger partial charge in [-0.3, -0.25) is 4.79 Å². The fourth-order valence-electron chi connectivity index (χ4n) is 1.99. The second kappa shape index (κ2) is 11.0. The van der Waals surface area contributed by atoms with E-state index in [0.717, 1.165) is 5.56 Å². The van der Waals surface area contributed by atoms with Crippen molar-refractivity contribution >= 4 is 23.6 Å². The Morgan fingerprint density at radius 1 is 1.44 bits per heavy atom. The zero-order valence-electron chi connectivity index (χ0n) is 14.1. The van der Waals surface area contributed by atoms with E-state index < -0.39 is 17.9 Å². The third-order valence-corrected chi connectivity index (χ3v) is 3.95. The predicted octanol–water partition coefficient (Wildman–Crippen LogP) is 1.51. The summed E-state index contributed by atoms with van der Waals surface area (Å²) in [6.07, 6.45) is 3.41. The number of hydrogen-bond acceptors (Lipinski definition) is 6. The predicted molar refractivity (Wildman–Crippen MR) is 96.1 cm³/mol. The summed E-state index contributed by atoms with van der Waals surface area (Å²) in [6, 6.07) is 8.11. The molecule has 0 aliphatic heterocycles. The van der Waals surface area contributed by atoms with E-state index in [-0.39, 0.29) is 12.0 Å². The maximum atomic E-state index is 12.1. The Morgan fingerprint density at radius 2 is 2.16 bits per heavy atom. The summed E-state index contributed by atoms with van der Waals surface area (Å²) < 4.78 is 5.22. The summed E-state index contributed by atoms with van der Waals surface area (Å²) in [6.45, 7) is 0.358. The molecular weight excluding hydrogens is 342 g/mol. The molecule has 7 nitrogen and oxygen atoms in total. The number of hydrogen-bond donors (Lipinski definition) is 3. The summed E-state index contributed by atoms with van der Waals surface area (Å²) in [5, 5.41) is 23.5. The molecule has 1 rings (SSSR count). The first-order valence-electron chi connectivity index (χ1n) is 7.51. The Bertz CT molecular complexity index is 670. The molecule has 0 heterocycles. The van der Waals surface area contributed by atoms with E-state index in [1.54, 1.807) is 13.2 Å². The number of methoxy groups -OCH3 is 1. The minimum atomic E-state index is -1.12. The van der Waals surface area contributed by atoms with Crippen LogP contribution < -0.4 is 15.4 Å². The first kappa shape index (κ1) is 20.4. The number of ether oxygens (including phenoxy) is 1. The molecule has 0 aliphatic carbocycles. The molecule has 0 spiro atoms. The smallest absolute Gasteiger partial charge is 0.326 e. The molecule has 0 saturated carbocycles. The molecule has 0 saturated heterocycles. The molecule has 0 bridgehead atoms. The third-order valence-electron chi connectivity index (χ3n) is 3.31. The Balaban J connectivity index is 2.70. The molecule has 0 radical (unpaired) electrons. The van der Waals surface area contributed by atoms with Gasteiger partial charge in [-0.25, -0.2) is 4.79 Å². The minimum absolute atomic E-state index is 0.190. The molecule has 134 valence electrons. The number of carbonyl (C=O) groups excluding carboxylic acids is 1. The highest BCUT2D eigenvalue weighted by Gasteiger charge is 2.21. The van der Waals surface area contributed by atoms with Gasteiger partial charge in [0.25, 0.3) is 5.91 Å². The molecular formula is C17H21N3O4S. The average Bonchev–Trinajstić information content (AvgIpc) is 2.62. The van der Waals surface area contributed by atoms with Gasteiger partial charge < -0.3 is 20.5 Å². The van der Waals surface area contributed by atoms with Crippen molar-refractivity contribution in [2.75, 3.05) is 19.1 Å². The van der Waals surface area contributed by atoms with Crippen LogP contribution in [0.1, 0.15) is 12.0 Å². The van der Waals surface area contributed by atoms with E-state index in [1.165, 1.54) is 18.0 Å². The number of amides is 1. The number of rotatable bonds is 10. The van der Waals surface area contributed by atoms with Crippen LogP contribution in [0.15, 0.2) is 36.0 Å². The van der Waals surface area contributed by atoms with Crippen LogP contribution >= 0.6 is 11.8 Å². The lowest BCUT2D eigenvalue weighted by molar-refractivity contribution is -0.141. The quantitative estimate of drug-likeness (QED) is 0.427. The lowest BCUT2D eigenvalue weighted by Gasteiger charge is -2.13. The lowest BCUT2D eigenvalue weighted by Crippen LogP contribution is -2.41. The van der Waals surface area contributed by atoms with Crippen molar-refractivity contribution in [3.63, 3.8) is 0 Å². The van der Waals surface area contributed by atoms with E-state index in [2.05, 4.69) is 10.6 Å².